The first-order chi connectivity index (χ1) is 9.28. The van der Waals surface area contributed by atoms with Crippen LogP contribution in [-0.2, 0) is 9.31 Å². The van der Waals surface area contributed by atoms with Crippen LogP contribution in [0.2, 0.25) is 0 Å². The molecule has 1 aromatic rings. The van der Waals surface area contributed by atoms with Gasteiger partial charge in [-0.05, 0) is 58.1 Å². The van der Waals surface area contributed by atoms with Crippen molar-refractivity contribution in [2.45, 2.75) is 64.1 Å². The Morgan fingerprint density at radius 1 is 1.15 bits per heavy atom. The van der Waals surface area contributed by atoms with Crippen molar-refractivity contribution in [2.75, 3.05) is 0 Å². The summed E-state index contributed by atoms with van der Waals surface area (Å²) < 4.78 is 12.0. The average Bonchev–Trinajstić information content (AvgIpc) is 2.45. The van der Waals surface area contributed by atoms with Crippen molar-refractivity contribution in [3.8, 4) is 0 Å². The molecule has 4 nitrogen and oxygen atoms in total. The number of aromatic amines is 1. The van der Waals surface area contributed by atoms with Crippen molar-refractivity contribution in [3.63, 3.8) is 0 Å². The second-order valence-electron chi connectivity index (χ2n) is 6.95. The summed E-state index contributed by atoms with van der Waals surface area (Å²) in [6, 6.07) is 3.74. The summed E-state index contributed by atoms with van der Waals surface area (Å²) in [5.41, 5.74) is 1.00. The van der Waals surface area contributed by atoms with Gasteiger partial charge in [-0.1, -0.05) is 6.42 Å². The van der Waals surface area contributed by atoms with Crippen LogP contribution in [0, 0.1) is 0 Å². The topological polar surface area (TPSA) is 51.3 Å². The minimum absolute atomic E-state index is 0.0703. The van der Waals surface area contributed by atoms with Crippen LogP contribution < -0.4 is 11.2 Å². The fourth-order valence-corrected chi connectivity index (χ4v) is 2.66. The Bertz CT molecular complexity index is 559. The second kappa shape index (κ2) is 4.47. The van der Waals surface area contributed by atoms with Crippen molar-refractivity contribution in [3.05, 3.63) is 28.0 Å². The molecule has 1 N–H and O–H groups in total. The second-order valence-corrected chi connectivity index (χ2v) is 6.95. The first kappa shape index (κ1) is 13.9. The lowest BCUT2D eigenvalue weighted by Gasteiger charge is -2.32. The van der Waals surface area contributed by atoms with E-state index in [2.05, 4.69) is 4.98 Å². The predicted octanol–water partition coefficient (Wildman–Crippen LogP) is 1.94. The Hall–Kier alpha value is -1.07. The number of nitrogens with one attached hydrogen (secondary N) is 1. The van der Waals surface area contributed by atoms with Gasteiger partial charge in [-0.15, -0.1) is 0 Å². The molecule has 0 atom stereocenters. The lowest BCUT2D eigenvalue weighted by Crippen LogP contribution is -2.41. The summed E-state index contributed by atoms with van der Waals surface area (Å²) in [7, 11) is -0.493. The third-order valence-electron chi connectivity index (χ3n) is 4.97. The molecule has 2 aliphatic rings. The Balaban J connectivity index is 1.91. The Morgan fingerprint density at radius 2 is 1.75 bits per heavy atom. The number of aromatic nitrogens is 1. The molecule has 2 heterocycles. The van der Waals surface area contributed by atoms with Gasteiger partial charge in [-0.3, -0.25) is 4.79 Å². The van der Waals surface area contributed by atoms with Gasteiger partial charge in [0.05, 0.1) is 11.2 Å². The predicted molar refractivity (Wildman–Crippen MR) is 79.4 cm³/mol. The van der Waals surface area contributed by atoms with E-state index < -0.39 is 7.12 Å². The Kier molecular flexibility index (Phi) is 3.10. The first-order valence-corrected chi connectivity index (χ1v) is 7.38. The van der Waals surface area contributed by atoms with E-state index in [1.807, 2.05) is 33.8 Å². The van der Waals surface area contributed by atoms with Gasteiger partial charge in [0.15, 0.2) is 0 Å². The molecule has 1 aromatic heterocycles. The summed E-state index contributed by atoms with van der Waals surface area (Å²) >= 11 is 0. The van der Waals surface area contributed by atoms with Crippen LogP contribution in [0.3, 0.4) is 0 Å². The molecular weight excluding hydrogens is 253 g/mol. The summed E-state index contributed by atoms with van der Waals surface area (Å²) in [6.45, 7) is 8.06. The van der Waals surface area contributed by atoms with Crippen LogP contribution >= 0.6 is 0 Å². The minimum Gasteiger partial charge on any atom is -0.398 e. The summed E-state index contributed by atoms with van der Waals surface area (Å²) in [4.78, 5) is 14.7. The molecule has 1 aliphatic heterocycles. The molecule has 0 amide bonds. The maximum Gasteiger partial charge on any atom is 0.512 e. The molecule has 0 spiro atoms. The molecule has 108 valence electrons. The molecule has 0 radical (unpaired) electrons. The van der Waals surface area contributed by atoms with Crippen LogP contribution in [0.25, 0.3) is 0 Å². The molecule has 0 bridgehead atoms. The van der Waals surface area contributed by atoms with Gasteiger partial charge in [-0.25, -0.2) is 0 Å². The zero-order valence-electron chi connectivity index (χ0n) is 12.7. The smallest absolute Gasteiger partial charge is 0.398 e. The maximum absolute atomic E-state index is 11.9. The van der Waals surface area contributed by atoms with Gasteiger partial charge in [-0.2, -0.15) is 0 Å². The van der Waals surface area contributed by atoms with Crippen LogP contribution in [0.15, 0.2) is 16.9 Å². The van der Waals surface area contributed by atoms with Crippen LogP contribution in [-0.4, -0.2) is 23.3 Å². The van der Waals surface area contributed by atoms with Gasteiger partial charge in [0.1, 0.15) is 0 Å². The lowest BCUT2D eigenvalue weighted by atomic mass is 9.77. The maximum atomic E-state index is 11.9. The van der Waals surface area contributed by atoms with Crippen LogP contribution in [0.1, 0.15) is 58.4 Å². The summed E-state index contributed by atoms with van der Waals surface area (Å²) in [5.74, 6) is 0.526. The molecule has 1 saturated heterocycles. The van der Waals surface area contributed by atoms with Crippen molar-refractivity contribution < 1.29 is 9.31 Å². The highest BCUT2D eigenvalue weighted by Crippen LogP contribution is 2.37. The lowest BCUT2D eigenvalue weighted by molar-refractivity contribution is 0.00578. The van der Waals surface area contributed by atoms with E-state index in [1.165, 1.54) is 19.3 Å². The fourth-order valence-electron chi connectivity index (χ4n) is 2.66. The molecule has 5 heteroatoms. The molecule has 3 rings (SSSR count). The van der Waals surface area contributed by atoms with Gasteiger partial charge >= 0.3 is 7.12 Å². The standard InChI is InChI=1S/C15H22BNO3/c1-14(2)15(3,4)20-16(19-14)12-8-11(9-13(18)17-12)10-6-5-7-10/h8-10H,5-7H2,1-4H3,(H,17,18). The summed E-state index contributed by atoms with van der Waals surface area (Å²) in [6.07, 6.45) is 3.60. The molecule has 1 saturated carbocycles. The quantitative estimate of drug-likeness (QED) is 0.839. The number of pyridine rings is 1. The van der Waals surface area contributed by atoms with E-state index in [9.17, 15) is 4.79 Å². The van der Waals surface area contributed by atoms with Crippen molar-refractivity contribution in [2.24, 2.45) is 0 Å². The SMILES string of the molecule is CC1(C)OB(c2cc(C3CCC3)cc(=O)[nH]2)OC1(C)C. The highest BCUT2D eigenvalue weighted by Gasteiger charge is 2.52. The highest BCUT2D eigenvalue weighted by molar-refractivity contribution is 6.61. The third kappa shape index (κ3) is 2.23. The zero-order valence-corrected chi connectivity index (χ0v) is 12.7. The molecule has 2 fully saturated rings. The number of hydrogen-bond donors (Lipinski definition) is 1. The van der Waals surface area contributed by atoms with E-state index in [0.29, 0.717) is 5.92 Å². The first-order valence-electron chi connectivity index (χ1n) is 7.38. The van der Waals surface area contributed by atoms with Crippen LogP contribution in [0.5, 0.6) is 0 Å². The van der Waals surface area contributed by atoms with E-state index in [-0.39, 0.29) is 16.8 Å². The van der Waals surface area contributed by atoms with Gasteiger partial charge < -0.3 is 14.3 Å². The van der Waals surface area contributed by atoms with Gasteiger partial charge in [0, 0.05) is 11.7 Å². The Labute approximate surface area is 120 Å². The van der Waals surface area contributed by atoms with Gasteiger partial charge in [0.2, 0.25) is 5.56 Å². The number of H-pyrrole nitrogens is 1. The molecular formula is C15H22BNO3. The zero-order chi connectivity index (χ0) is 14.5. The van der Waals surface area contributed by atoms with Crippen molar-refractivity contribution >= 4 is 12.7 Å². The monoisotopic (exact) mass is 275 g/mol. The fraction of sp³-hybridized carbons (Fsp3) is 0.667. The van der Waals surface area contributed by atoms with Gasteiger partial charge in [0.25, 0.3) is 0 Å². The Morgan fingerprint density at radius 3 is 2.25 bits per heavy atom. The third-order valence-corrected chi connectivity index (χ3v) is 4.97. The number of hydrogen-bond acceptors (Lipinski definition) is 3. The minimum atomic E-state index is -0.493. The van der Waals surface area contributed by atoms with E-state index >= 15 is 0 Å². The van der Waals surface area contributed by atoms with Crippen molar-refractivity contribution in [1.82, 2.24) is 4.98 Å². The van der Waals surface area contributed by atoms with E-state index in [0.717, 1.165) is 11.2 Å². The molecule has 0 aromatic carbocycles. The molecule has 20 heavy (non-hydrogen) atoms. The van der Waals surface area contributed by atoms with Crippen LogP contribution in [0.4, 0.5) is 0 Å². The largest absolute Gasteiger partial charge is 0.512 e. The van der Waals surface area contributed by atoms with Crippen molar-refractivity contribution in [1.29, 1.82) is 0 Å². The normalized spacial score (nSPS) is 24.7. The molecule has 0 unspecified atom stereocenters. The summed E-state index contributed by atoms with van der Waals surface area (Å²) in [5, 5.41) is 0. The number of rotatable bonds is 2. The molecule has 1 aliphatic carbocycles. The average molecular weight is 275 g/mol. The highest BCUT2D eigenvalue weighted by atomic mass is 16.7. The van der Waals surface area contributed by atoms with E-state index in [4.69, 9.17) is 9.31 Å². The van der Waals surface area contributed by atoms with E-state index in [1.54, 1.807) is 6.07 Å².